The van der Waals surface area contributed by atoms with Crippen molar-refractivity contribution >= 4 is 12.3 Å². The van der Waals surface area contributed by atoms with Gasteiger partial charge in [0.05, 0.1) is 0 Å². The molecule has 0 unspecified atom stereocenters. The molecule has 4 heteroatoms. The molecule has 0 aromatic rings. The molecule has 3 nitrogen and oxygen atoms in total. The summed E-state index contributed by atoms with van der Waals surface area (Å²) in [5.74, 6) is -1.43. The number of carboxylic acids is 1. The molecule has 0 aliphatic carbocycles. The number of carbonyl (C=O) groups is 2. The first-order chi connectivity index (χ1) is 2.27. The third kappa shape index (κ3) is 9.40. The molecule has 0 atom stereocenters. The average molecular weight is 130 g/mol. The molecule has 0 bridgehead atoms. The normalized spacial score (nSPS) is 5.33. The quantitative estimate of drug-likeness (QED) is 0.289. The summed E-state index contributed by atoms with van der Waals surface area (Å²) in [5.41, 5.74) is 0. The molecule has 0 fully saturated rings. The van der Waals surface area contributed by atoms with E-state index in [0.717, 1.165) is 0 Å². The number of hydrogen-bond donors (Lipinski definition) is 1. The Hall–Kier alpha value is -0.341. The van der Waals surface area contributed by atoms with Crippen LogP contribution in [0.1, 0.15) is 0 Å². The van der Waals surface area contributed by atoms with E-state index in [1.54, 1.807) is 0 Å². The number of rotatable bonds is 1. The maximum absolute atomic E-state index is 9.00. The Bertz CT molecular complexity index is 59.8. The van der Waals surface area contributed by atoms with Crippen LogP contribution in [0.5, 0.6) is 0 Å². The zero-order chi connectivity index (χ0) is 4.28. The van der Waals surface area contributed by atoms with E-state index in [-0.39, 0.29) is 23.4 Å². The van der Waals surface area contributed by atoms with Gasteiger partial charge in [-0.25, -0.2) is 4.79 Å². The van der Waals surface area contributed by atoms with Crippen LogP contribution < -0.4 is 0 Å². The Labute approximate surface area is 44.8 Å². The topological polar surface area (TPSA) is 54.4 Å². The molecular formula is C2H2FeO3. The molecule has 0 heterocycles. The second kappa shape index (κ2) is 4.66. The summed E-state index contributed by atoms with van der Waals surface area (Å²) in [4.78, 5) is 17.9. The fourth-order valence-corrected chi connectivity index (χ4v) is 0. The van der Waals surface area contributed by atoms with Crippen LogP contribution in [-0.4, -0.2) is 17.4 Å². The Morgan fingerprint density at radius 3 is 1.83 bits per heavy atom. The first kappa shape index (κ1) is 9.18. The van der Waals surface area contributed by atoms with Crippen LogP contribution in [0.4, 0.5) is 0 Å². The minimum Gasteiger partial charge on any atom is -0.476 e. The molecule has 0 amide bonds. The van der Waals surface area contributed by atoms with E-state index in [0.29, 0.717) is 0 Å². The van der Waals surface area contributed by atoms with Crippen molar-refractivity contribution in [3.05, 3.63) is 0 Å². The van der Waals surface area contributed by atoms with Gasteiger partial charge in [0.15, 0.2) is 0 Å². The van der Waals surface area contributed by atoms with Crippen molar-refractivity contribution in [2.75, 3.05) is 0 Å². The van der Waals surface area contributed by atoms with Gasteiger partial charge in [-0.15, -0.1) is 0 Å². The van der Waals surface area contributed by atoms with E-state index in [4.69, 9.17) is 14.7 Å². The average Bonchev–Trinajstić information content (AvgIpc) is 1.38. The Balaban J connectivity index is 0. The molecule has 0 aliphatic heterocycles. The smallest absolute Gasteiger partial charge is 0.368 e. The van der Waals surface area contributed by atoms with Crippen molar-refractivity contribution in [1.29, 1.82) is 0 Å². The molecule has 6 heavy (non-hydrogen) atoms. The fraction of sp³-hybridized carbons (Fsp3) is 0. The fourth-order valence-electron chi connectivity index (χ4n) is 0. The third-order valence-corrected chi connectivity index (χ3v) is 0.101. The van der Waals surface area contributed by atoms with Gasteiger partial charge >= 0.3 is 5.97 Å². The van der Waals surface area contributed by atoms with Crippen molar-refractivity contribution < 1.29 is 31.8 Å². The Morgan fingerprint density at radius 2 is 1.83 bits per heavy atom. The van der Waals surface area contributed by atoms with Crippen LogP contribution in [-0.2, 0) is 26.7 Å². The Kier molecular flexibility index (Phi) is 7.13. The van der Waals surface area contributed by atoms with Crippen molar-refractivity contribution in [3.63, 3.8) is 0 Å². The predicted octanol–water partition coefficient (Wildman–Crippen LogP) is -0.733. The number of aliphatic carboxylic acids is 1. The van der Waals surface area contributed by atoms with Crippen molar-refractivity contribution in [2.24, 2.45) is 0 Å². The number of hydrogen-bond acceptors (Lipinski definition) is 2. The van der Waals surface area contributed by atoms with Gasteiger partial charge in [-0.3, -0.25) is 4.79 Å². The van der Waals surface area contributed by atoms with Crippen molar-refractivity contribution in [3.8, 4) is 0 Å². The van der Waals surface area contributed by atoms with Crippen LogP contribution in [0.25, 0.3) is 0 Å². The van der Waals surface area contributed by atoms with Gasteiger partial charge in [-0.1, -0.05) is 0 Å². The summed E-state index contributed by atoms with van der Waals surface area (Å²) in [6.07, 6.45) is -0.167. The minimum atomic E-state index is -1.43. The molecule has 1 N–H and O–H groups in total. The largest absolute Gasteiger partial charge is 0.476 e. The zero-order valence-corrected chi connectivity index (χ0v) is 3.80. The van der Waals surface area contributed by atoms with Crippen LogP contribution in [0, 0.1) is 0 Å². The standard InChI is InChI=1S/C2H2O3.Fe/c3-1-2(4)5;/h1H,(H,4,5);. The maximum atomic E-state index is 9.00. The summed E-state index contributed by atoms with van der Waals surface area (Å²) in [5, 5.41) is 7.35. The maximum Gasteiger partial charge on any atom is 0.368 e. The van der Waals surface area contributed by atoms with Gasteiger partial charge in [0, 0.05) is 17.1 Å². The van der Waals surface area contributed by atoms with Gasteiger partial charge in [0.2, 0.25) is 6.29 Å². The molecule has 0 saturated heterocycles. The third-order valence-electron chi connectivity index (χ3n) is 0.101. The van der Waals surface area contributed by atoms with Crippen LogP contribution >= 0.6 is 0 Å². The van der Waals surface area contributed by atoms with Gasteiger partial charge in [-0.2, -0.15) is 0 Å². The number of carboxylic acid groups (broad SMARTS) is 1. The number of aldehydes is 1. The number of carbonyl (C=O) groups excluding carboxylic acids is 1. The van der Waals surface area contributed by atoms with Gasteiger partial charge < -0.3 is 5.11 Å². The monoisotopic (exact) mass is 130 g/mol. The summed E-state index contributed by atoms with van der Waals surface area (Å²) >= 11 is 0. The summed E-state index contributed by atoms with van der Waals surface area (Å²) < 4.78 is 0. The molecule has 0 aromatic carbocycles. The van der Waals surface area contributed by atoms with Crippen molar-refractivity contribution in [1.82, 2.24) is 0 Å². The second-order valence-corrected chi connectivity index (χ2v) is 0.456. The molecular weight excluding hydrogens is 128 g/mol. The van der Waals surface area contributed by atoms with E-state index in [1.165, 1.54) is 0 Å². The van der Waals surface area contributed by atoms with Crippen LogP contribution in [0.2, 0.25) is 0 Å². The van der Waals surface area contributed by atoms with E-state index < -0.39 is 5.97 Å². The van der Waals surface area contributed by atoms with E-state index in [2.05, 4.69) is 0 Å². The van der Waals surface area contributed by atoms with Gasteiger partial charge in [0.25, 0.3) is 0 Å². The first-order valence-electron chi connectivity index (χ1n) is 0.952. The molecule has 0 aliphatic rings. The first-order valence-corrected chi connectivity index (χ1v) is 0.952. The molecule has 0 rings (SSSR count). The van der Waals surface area contributed by atoms with E-state index in [9.17, 15) is 0 Å². The summed E-state index contributed by atoms with van der Waals surface area (Å²) in [6.45, 7) is 0. The molecule has 0 aromatic heterocycles. The Morgan fingerprint density at radius 1 is 1.67 bits per heavy atom. The van der Waals surface area contributed by atoms with Crippen LogP contribution in [0.15, 0.2) is 0 Å². The van der Waals surface area contributed by atoms with Crippen molar-refractivity contribution in [2.45, 2.75) is 0 Å². The van der Waals surface area contributed by atoms with E-state index >= 15 is 0 Å². The van der Waals surface area contributed by atoms with Crippen LogP contribution in [0.3, 0.4) is 0 Å². The summed E-state index contributed by atoms with van der Waals surface area (Å²) in [7, 11) is 0. The predicted molar refractivity (Wildman–Crippen MR) is 13.7 cm³/mol. The minimum absolute atomic E-state index is 0. The van der Waals surface area contributed by atoms with Gasteiger partial charge in [-0.05, 0) is 0 Å². The summed E-state index contributed by atoms with van der Waals surface area (Å²) in [6, 6.07) is 0. The molecule has 36 valence electrons. The van der Waals surface area contributed by atoms with E-state index in [1.807, 2.05) is 0 Å². The molecule has 0 spiro atoms. The second-order valence-electron chi connectivity index (χ2n) is 0.456. The van der Waals surface area contributed by atoms with Gasteiger partial charge in [0.1, 0.15) is 0 Å². The molecule has 0 saturated carbocycles. The SMILES string of the molecule is O=CC(=O)O.[Fe]. The molecule has 0 radical (unpaired) electrons. The zero-order valence-electron chi connectivity index (χ0n) is 2.69.